The molecule has 2 aromatic heterocycles. The molecule has 0 saturated heterocycles. The van der Waals surface area contributed by atoms with Crippen molar-refractivity contribution in [1.82, 2.24) is 20.1 Å². The van der Waals surface area contributed by atoms with E-state index in [9.17, 15) is 4.79 Å². The maximum absolute atomic E-state index is 12.3. The third-order valence-corrected chi connectivity index (χ3v) is 4.63. The zero-order chi connectivity index (χ0) is 14.9. The molecule has 0 spiro atoms. The van der Waals surface area contributed by atoms with Crippen molar-refractivity contribution in [2.24, 2.45) is 7.05 Å². The molecule has 1 N–H and O–H groups in total. The van der Waals surface area contributed by atoms with Crippen LogP contribution in [0, 0.1) is 13.8 Å². The number of halogens is 1. The van der Waals surface area contributed by atoms with Gasteiger partial charge in [0.1, 0.15) is 10.7 Å². The first-order valence-electron chi connectivity index (χ1n) is 6.36. The number of aromatic nitrogens is 3. The highest BCUT2D eigenvalue weighted by atomic mass is 35.5. The second kappa shape index (κ2) is 5.93. The van der Waals surface area contributed by atoms with Crippen LogP contribution in [-0.2, 0) is 7.05 Å². The summed E-state index contributed by atoms with van der Waals surface area (Å²) < 4.78 is 1.47. The van der Waals surface area contributed by atoms with Crippen LogP contribution in [0.2, 0.25) is 5.02 Å². The molecule has 2 rings (SSSR count). The number of aryl methyl sites for hydroxylation is 3. The lowest BCUT2D eigenvalue weighted by Gasteiger charge is -2.14. The largest absolute Gasteiger partial charge is 0.341 e. The number of amides is 1. The van der Waals surface area contributed by atoms with Crippen molar-refractivity contribution in [2.45, 2.75) is 33.2 Å². The highest BCUT2D eigenvalue weighted by Gasteiger charge is 2.21. The van der Waals surface area contributed by atoms with Crippen molar-refractivity contribution >= 4 is 28.8 Å². The van der Waals surface area contributed by atoms with Gasteiger partial charge in [0.2, 0.25) is 0 Å². The molecule has 5 nitrogen and oxygen atoms in total. The highest BCUT2D eigenvalue weighted by molar-refractivity contribution is 7.11. The monoisotopic (exact) mass is 312 g/mol. The van der Waals surface area contributed by atoms with Crippen molar-refractivity contribution in [2.75, 3.05) is 0 Å². The van der Waals surface area contributed by atoms with E-state index in [4.69, 9.17) is 11.6 Å². The lowest BCUT2D eigenvalue weighted by Crippen LogP contribution is -2.30. The molecule has 2 heterocycles. The van der Waals surface area contributed by atoms with Gasteiger partial charge in [-0.2, -0.15) is 5.10 Å². The van der Waals surface area contributed by atoms with Crippen LogP contribution in [-0.4, -0.2) is 20.7 Å². The van der Waals surface area contributed by atoms with Gasteiger partial charge >= 0.3 is 0 Å². The fourth-order valence-corrected chi connectivity index (χ4v) is 3.19. The molecule has 0 fully saturated rings. The molecule has 2 aromatic rings. The fraction of sp³-hybridized carbons (Fsp3) is 0.462. The van der Waals surface area contributed by atoms with E-state index in [0.717, 1.165) is 17.1 Å². The number of carbonyl (C=O) groups excluding carboxylic acids is 1. The summed E-state index contributed by atoms with van der Waals surface area (Å²) in [6.07, 6.45) is 2.24. The molecule has 0 aliphatic carbocycles. The standard InChI is InChI=1S/C13H17ClN4OS/c1-5-10(13-16-7(2)8(3)20-13)17-12(19)11-9(14)6-15-18(11)4/h6,10H,5H2,1-4H3,(H,17,19)/t10-/m1/s1. The molecule has 108 valence electrons. The number of nitrogens with zero attached hydrogens (tertiary/aromatic N) is 3. The van der Waals surface area contributed by atoms with E-state index in [1.807, 2.05) is 20.8 Å². The van der Waals surface area contributed by atoms with Crippen LogP contribution in [0.1, 0.15) is 45.5 Å². The van der Waals surface area contributed by atoms with Crippen LogP contribution in [0.25, 0.3) is 0 Å². The third kappa shape index (κ3) is 2.86. The van der Waals surface area contributed by atoms with E-state index in [2.05, 4.69) is 15.4 Å². The van der Waals surface area contributed by atoms with E-state index in [-0.39, 0.29) is 11.9 Å². The smallest absolute Gasteiger partial charge is 0.271 e. The van der Waals surface area contributed by atoms with E-state index in [0.29, 0.717) is 10.7 Å². The summed E-state index contributed by atoms with van der Waals surface area (Å²) in [6.45, 7) is 6.02. The Kier molecular flexibility index (Phi) is 4.45. The quantitative estimate of drug-likeness (QED) is 0.944. The zero-order valence-electron chi connectivity index (χ0n) is 11.9. The summed E-state index contributed by atoms with van der Waals surface area (Å²) in [5.41, 5.74) is 1.38. The van der Waals surface area contributed by atoms with Crippen molar-refractivity contribution < 1.29 is 4.79 Å². The first-order chi connectivity index (χ1) is 9.43. The van der Waals surface area contributed by atoms with Gasteiger partial charge in [-0.3, -0.25) is 9.48 Å². The third-order valence-electron chi connectivity index (χ3n) is 3.17. The Labute approximate surface area is 127 Å². The van der Waals surface area contributed by atoms with E-state index in [1.165, 1.54) is 15.8 Å². The van der Waals surface area contributed by atoms with Gasteiger partial charge in [-0.15, -0.1) is 11.3 Å². The van der Waals surface area contributed by atoms with Crippen LogP contribution >= 0.6 is 22.9 Å². The van der Waals surface area contributed by atoms with Gasteiger partial charge < -0.3 is 5.32 Å². The Morgan fingerprint density at radius 1 is 1.55 bits per heavy atom. The molecule has 20 heavy (non-hydrogen) atoms. The van der Waals surface area contributed by atoms with E-state index in [1.54, 1.807) is 18.4 Å². The summed E-state index contributed by atoms with van der Waals surface area (Å²) in [7, 11) is 1.69. The summed E-state index contributed by atoms with van der Waals surface area (Å²) in [6, 6.07) is -0.106. The summed E-state index contributed by atoms with van der Waals surface area (Å²) in [4.78, 5) is 18.0. The Morgan fingerprint density at radius 2 is 2.25 bits per heavy atom. The lowest BCUT2D eigenvalue weighted by molar-refractivity contribution is 0.0926. The number of carbonyl (C=O) groups is 1. The van der Waals surface area contributed by atoms with Crippen molar-refractivity contribution in [1.29, 1.82) is 0 Å². The minimum Gasteiger partial charge on any atom is -0.341 e. The molecule has 1 amide bonds. The molecule has 0 saturated carbocycles. The predicted octanol–water partition coefficient (Wildman–Crippen LogP) is 3.03. The maximum atomic E-state index is 12.3. The number of hydrogen-bond donors (Lipinski definition) is 1. The molecule has 0 aliphatic rings. The average molecular weight is 313 g/mol. The molecular formula is C13H17ClN4OS. The van der Waals surface area contributed by atoms with E-state index < -0.39 is 0 Å². The van der Waals surface area contributed by atoms with E-state index >= 15 is 0 Å². The molecule has 7 heteroatoms. The van der Waals surface area contributed by atoms with Gasteiger partial charge in [0.05, 0.1) is 23.0 Å². The maximum Gasteiger partial charge on any atom is 0.271 e. The Hall–Kier alpha value is -1.40. The fourth-order valence-electron chi connectivity index (χ4n) is 1.88. The van der Waals surface area contributed by atoms with Crippen LogP contribution in [0.5, 0.6) is 0 Å². The number of hydrogen-bond acceptors (Lipinski definition) is 4. The van der Waals surface area contributed by atoms with Gasteiger partial charge in [0, 0.05) is 11.9 Å². The van der Waals surface area contributed by atoms with Crippen LogP contribution < -0.4 is 5.32 Å². The Balaban J connectivity index is 2.20. The molecular weight excluding hydrogens is 296 g/mol. The molecule has 0 radical (unpaired) electrons. The second-order valence-electron chi connectivity index (χ2n) is 4.59. The molecule has 0 aromatic carbocycles. The first kappa shape index (κ1) is 15.0. The van der Waals surface area contributed by atoms with Crippen molar-refractivity contribution in [3.05, 3.63) is 32.5 Å². The summed E-state index contributed by atoms with van der Waals surface area (Å²) in [5, 5.41) is 8.22. The summed E-state index contributed by atoms with van der Waals surface area (Å²) >= 11 is 7.60. The molecule has 0 aliphatic heterocycles. The Morgan fingerprint density at radius 3 is 2.70 bits per heavy atom. The van der Waals surface area contributed by atoms with Gasteiger partial charge in [-0.1, -0.05) is 18.5 Å². The van der Waals surface area contributed by atoms with Crippen LogP contribution in [0.4, 0.5) is 0 Å². The average Bonchev–Trinajstić information content (AvgIpc) is 2.90. The minimum absolute atomic E-state index is 0.106. The minimum atomic E-state index is -0.229. The number of nitrogens with one attached hydrogen (secondary N) is 1. The van der Waals surface area contributed by atoms with Gasteiger partial charge in [-0.25, -0.2) is 4.98 Å². The van der Waals surface area contributed by atoms with Gasteiger partial charge in [0.15, 0.2) is 0 Å². The molecule has 0 unspecified atom stereocenters. The number of thiazole rings is 1. The topological polar surface area (TPSA) is 59.8 Å². The first-order valence-corrected chi connectivity index (χ1v) is 7.55. The second-order valence-corrected chi connectivity index (χ2v) is 6.23. The number of rotatable bonds is 4. The van der Waals surface area contributed by atoms with Crippen LogP contribution in [0.15, 0.2) is 6.20 Å². The summed E-state index contributed by atoms with van der Waals surface area (Å²) in [5.74, 6) is -0.229. The van der Waals surface area contributed by atoms with Crippen LogP contribution in [0.3, 0.4) is 0 Å². The normalized spacial score (nSPS) is 12.4. The Bertz CT molecular complexity index is 595. The predicted molar refractivity (Wildman–Crippen MR) is 80.3 cm³/mol. The highest BCUT2D eigenvalue weighted by Crippen LogP contribution is 2.25. The molecule has 0 bridgehead atoms. The van der Waals surface area contributed by atoms with Gasteiger partial charge in [-0.05, 0) is 20.3 Å². The van der Waals surface area contributed by atoms with Gasteiger partial charge in [0.25, 0.3) is 5.91 Å². The van der Waals surface area contributed by atoms with Crippen molar-refractivity contribution in [3.8, 4) is 0 Å². The lowest BCUT2D eigenvalue weighted by atomic mass is 10.2. The SMILES string of the molecule is CC[C@@H](NC(=O)c1c(Cl)cnn1C)c1nc(C)c(C)s1. The molecule has 1 atom stereocenters. The zero-order valence-corrected chi connectivity index (χ0v) is 13.5. The van der Waals surface area contributed by atoms with Crippen molar-refractivity contribution in [3.63, 3.8) is 0 Å².